The lowest BCUT2D eigenvalue weighted by atomic mass is 9.93. The van der Waals surface area contributed by atoms with Gasteiger partial charge in [-0.05, 0) is 40.2 Å². The van der Waals surface area contributed by atoms with Crippen LogP contribution in [0.5, 0.6) is 0 Å². The van der Waals surface area contributed by atoms with E-state index >= 15 is 0 Å². The number of rotatable bonds is 6. The lowest BCUT2D eigenvalue weighted by Crippen LogP contribution is -2.38. The number of nitro benzene ring substituents is 1. The molecule has 2 rings (SSSR count). The van der Waals surface area contributed by atoms with Crippen LogP contribution in [0.15, 0.2) is 23.1 Å². The highest BCUT2D eigenvalue weighted by molar-refractivity contribution is 7.91. The summed E-state index contributed by atoms with van der Waals surface area (Å²) < 4.78 is 36.1. The van der Waals surface area contributed by atoms with E-state index in [2.05, 4.69) is 0 Å². The number of amides is 1. The number of esters is 1. The minimum absolute atomic E-state index is 0.0115. The first-order valence-electron chi connectivity index (χ1n) is 9.99. The first-order chi connectivity index (χ1) is 14.3. The third kappa shape index (κ3) is 5.52. The largest absolute Gasteiger partial charge is 0.466 e. The zero-order chi connectivity index (χ0) is 23.6. The van der Waals surface area contributed by atoms with Crippen molar-refractivity contribution in [1.82, 2.24) is 4.90 Å². The molecular weight excluding hydrogens is 428 g/mol. The van der Waals surface area contributed by atoms with E-state index in [0.29, 0.717) is 0 Å². The SMILES string of the molecule is CCOC(=O)[C@@H]1CCN(C(=O)OC(C)(C)C)[C@H]1c1cc([N+](=O)[O-])ccc1S(=O)(=O)CC. The van der Waals surface area contributed by atoms with Crippen molar-refractivity contribution >= 4 is 27.6 Å². The van der Waals surface area contributed by atoms with E-state index in [1.165, 1.54) is 11.8 Å². The third-order valence-corrected chi connectivity index (χ3v) is 6.66. The average Bonchev–Trinajstić information content (AvgIpc) is 3.11. The van der Waals surface area contributed by atoms with Crippen molar-refractivity contribution in [2.45, 2.75) is 57.6 Å². The molecule has 172 valence electrons. The topological polar surface area (TPSA) is 133 Å². The van der Waals surface area contributed by atoms with Crippen molar-refractivity contribution in [2.24, 2.45) is 5.92 Å². The maximum atomic E-state index is 12.9. The monoisotopic (exact) mass is 456 g/mol. The zero-order valence-electron chi connectivity index (χ0n) is 18.3. The summed E-state index contributed by atoms with van der Waals surface area (Å²) in [6.07, 6.45) is -0.535. The van der Waals surface area contributed by atoms with E-state index in [9.17, 15) is 28.1 Å². The molecule has 1 aromatic rings. The van der Waals surface area contributed by atoms with E-state index in [0.717, 1.165) is 18.2 Å². The van der Waals surface area contributed by atoms with Gasteiger partial charge in [0.1, 0.15) is 5.60 Å². The molecule has 1 aliphatic rings. The number of carbonyl (C=O) groups excluding carboxylic acids is 2. The number of benzene rings is 1. The fourth-order valence-electron chi connectivity index (χ4n) is 3.52. The van der Waals surface area contributed by atoms with Crippen LogP contribution < -0.4 is 0 Å². The number of sulfone groups is 1. The molecule has 10 nitrogen and oxygen atoms in total. The number of non-ortho nitro benzene ring substituents is 1. The van der Waals surface area contributed by atoms with Crippen LogP contribution in [-0.2, 0) is 24.1 Å². The van der Waals surface area contributed by atoms with Gasteiger partial charge < -0.3 is 14.4 Å². The first kappa shape index (κ1) is 24.6. The summed E-state index contributed by atoms with van der Waals surface area (Å²) in [4.78, 5) is 37.4. The molecule has 1 aliphatic heterocycles. The van der Waals surface area contributed by atoms with Gasteiger partial charge in [0.2, 0.25) is 0 Å². The van der Waals surface area contributed by atoms with Gasteiger partial charge in [0.25, 0.3) is 5.69 Å². The second-order valence-electron chi connectivity index (χ2n) is 8.15. The van der Waals surface area contributed by atoms with Crippen molar-refractivity contribution in [2.75, 3.05) is 18.9 Å². The summed E-state index contributed by atoms with van der Waals surface area (Å²) in [6.45, 7) is 8.33. The van der Waals surface area contributed by atoms with Crippen molar-refractivity contribution < 1.29 is 32.4 Å². The summed E-state index contributed by atoms with van der Waals surface area (Å²) in [5.74, 6) is -1.74. The number of carbonyl (C=O) groups is 2. The maximum Gasteiger partial charge on any atom is 0.410 e. The van der Waals surface area contributed by atoms with Crippen molar-refractivity contribution in [3.63, 3.8) is 0 Å². The highest BCUT2D eigenvalue weighted by Gasteiger charge is 2.46. The number of hydrogen-bond acceptors (Lipinski definition) is 8. The normalized spacial score (nSPS) is 19.2. The molecule has 11 heteroatoms. The number of ether oxygens (including phenoxy) is 2. The number of hydrogen-bond donors (Lipinski definition) is 0. The number of likely N-dealkylation sites (tertiary alicyclic amines) is 1. The van der Waals surface area contributed by atoms with Gasteiger partial charge in [0.05, 0.1) is 34.1 Å². The van der Waals surface area contributed by atoms with Gasteiger partial charge in [0, 0.05) is 24.2 Å². The van der Waals surface area contributed by atoms with Crippen LogP contribution in [0.2, 0.25) is 0 Å². The minimum Gasteiger partial charge on any atom is -0.466 e. The average molecular weight is 457 g/mol. The molecule has 2 atom stereocenters. The van der Waals surface area contributed by atoms with Crippen LogP contribution in [0.4, 0.5) is 10.5 Å². The summed E-state index contributed by atoms with van der Waals surface area (Å²) >= 11 is 0. The molecule has 1 aromatic carbocycles. The van der Waals surface area contributed by atoms with Gasteiger partial charge in [-0.2, -0.15) is 0 Å². The van der Waals surface area contributed by atoms with Crippen LogP contribution in [0.3, 0.4) is 0 Å². The van der Waals surface area contributed by atoms with Gasteiger partial charge in [-0.15, -0.1) is 0 Å². The van der Waals surface area contributed by atoms with Crippen LogP contribution in [0.1, 0.15) is 52.6 Å². The molecule has 0 bridgehead atoms. The maximum absolute atomic E-state index is 12.9. The summed E-state index contributed by atoms with van der Waals surface area (Å²) in [5, 5.41) is 11.4. The molecule has 31 heavy (non-hydrogen) atoms. The number of nitro groups is 1. The summed E-state index contributed by atoms with van der Waals surface area (Å²) in [6, 6.07) is 2.28. The Bertz CT molecular complexity index is 968. The first-order valence-corrected chi connectivity index (χ1v) is 11.6. The standard InChI is InChI=1S/C20H28N2O8S/c1-6-29-18(23)14-10-11-21(19(24)30-20(3,4)5)17(14)15-12-13(22(25)26)8-9-16(15)31(27,28)7-2/h8-9,12,14,17H,6-7,10-11H2,1-5H3/t14-,17-/m1/s1. The van der Waals surface area contributed by atoms with Gasteiger partial charge in [0.15, 0.2) is 9.84 Å². The lowest BCUT2D eigenvalue weighted by molar-refractivity contribution is -0.385. The quantitative estimate of drug-likeness (QED) is 0.362. The Labute approximate surface area is 181 Å². The second kappa shape index (κ2) is 9.21. The lowest BCUT2D eigenvalue weighted by Gasteiger charge is -2.31. The molecule has 0 radical (unpaired) electrons. The predicted octanol–water partition coefficient (Wildman–Crippen LogP) is 3.25. The minimum atomic E-state index is -3.81. The zero-order valence-corrected chi connectivity index (χ0v) is 19.1. The molecule has 0 N–H and O–H groups in total. The van der Waals surface area contributed by atoms with Gasteiger partial charge >= 0.3 is 12.1 Å². The fourth-order valence-corrected chi connectivity index (χ4v) is 4.64. The van der Waals surface area contributed by atoms with E-state index in [-0.39, 0.29) is 41.5 Å². The van der Waals surface area contributed by atoms with E-state index in [1.54, 1.807) is 27.7 Å². The summed E-state index contributed by atoms with van der Waals surface area (Å²) in [7, 11) is -3.81. The second-order valence-corrected chi connectivity index (χ2v) is 10.4. The van der Waals surface area contributed by atoms with Crippen molar-refractivity contribution in [1.29, 1.82) is 0 Å². The Morgan fingerprint density at radius 1 is 1.26 bits per heavy atom. The molecule has 0 aliphatic carbocycles. The van der Waals surface area contributed by atoms with Crippen LogP contribution in [-0.4, -0.2) is 54.8 Å². The molecule has 0 unspecified atom stereocenters. The van der Waals surface area contributed by atoms with E-state index in [4.69, 9.17) is 9.47 Å². The third-order valence-electron chi connectivity index (χ3n) is 4.85. The Morgan fingerprint density at radius 3 is 2.42 bits per heavy atom. The van der Waals surface area contributed by atoms with E-state index < -0.39 is 44.4 Å². The Balaban J connectivity index is 2.70. The molecule has 1 fully saturated rings. The Hall–Kier alpha value is -2.69. The van der Waals surface area contributed by atoms with Gasteiger partial charge in [-0.25, -0.2) is 13.2 Å². The fraction of sp³-hybridized carbons (Fsp3) is 0.600. The highest BCUT2D eigenvalue weighted by Crippen LogP contribution is 2.42. The smallest absolute Gasteiger partial charge is 0.410 e. The highest BCUT2D eigenvalue weighted by atomic mass is 32.2. The molecular formula is C20H28N2O8S. The van der Waals surface area contributed by atoms with Crippen molar-refractivity contribution in [3.05, 3.63) is 33.9 Å². The summed E-state index contributed by atoms with van der Waals surface area (Å²) in [5.41, 5.74) is -1.16. The van der Waals surface area contributed by atoms with Crippen LogP contribution in [0.25, 0.3) is 0 Å². The molecule has 1 amide bonds. The molecule has 0 saturated carbocycles. The predicted molar refractivity (Wildman–Crippen MR) is 111 cm³/mol. The Kier molecular flexibility index (Phi) is 7.30. The van der Waals surface area contributed by atoms with Gasteiger partial charge in [-0.1, -0.05) is 6.92 Å². The van der Waals surface area contributed by atoms with E-state index in [1.807, 2.05) is 0 Å². The Morgan fingerprint density at radius 2 is 1.90 bits per heavy atom. The van der Waals surface area contributed by atoms with Crippen LogP contribution in [0, 0.1) is 16.0 Å². The van der Waals surface area contributed by atoms with Crippen LogP contribution >= 0.6 is 0 Å². The molecule has 1 saturated heterocycles. The van der Waals surface area contributed by atoms with Crippen molar-refractivity contribution in [3.8, 4) is 0 Å². The molecule has 0 aromatic heterocycles. The van der Waals surface area contributed by atoms with Gasteiger partial charge in [-0.3, -0.25) is 14.9 Å². The molecule has 0 spiro atoms. The number of nitrogens with zero attached hydrogens (tertiary/aromatic N) is 2. The molecule has 1 heterocycles.